The molecular formula is C25H41NO2. The van der Waals surface area contributed by atoms with E-state index in [1.165, 1.54) is 77.0 Å². The van der Waals surface area contributed by atoms with Crippen LogP contribution >= 0.6 is 0 Å². The van der Waals surface area contributed by atoms with Crippen molar-refractivity contribution in [3.63, 3.8) is 0 Å². The Labute approximate surface area is 172 Å². The number of phenolic OH excluding ortho intramolecular Hbond substituents is 1. The predicted molar refractivity (Wildman–Crippen MR) is 120 cm³/mol. The fourth-order valence-electron chi connectivity index (χ4n) is 3.34. The molecule has 158 valence electrons. The topological polar surface area (TPSA) is 49.3 Å². The number of carbonyl (C=O) groups excluding carboxylic acids is 1. The third-order valence-corrected chi connectivity index (χ3v) is 5.12. The number of phenols is 1. The number of benzene rings is 1. The van der Waals surface area contributed by atoms with Crippen LogP contribution in [0, 0.1) is 0 Å². The number of rotatable bonds is 17. The molecule has 0 unspecified atom stereocenters. The smallest absolute Gasteiger partial charge is 0.255 e. The highest BCUT2D eigenvalue weighted by molar-refractivity contribution is 5.96. The van der Waals surface area contributed by atoms with Crippen molar-refractivity contribution in [3.8, 4) is 5.75 Å². The molecule has 0 saturated carbocycles. The molecule has 3 heteroatoms. The fraction of sp³-hybridized carbons (Fsp3) is 0.640. The van der Waals surface area contributed by atoms with E-state index in [9.17, 15) is 9.90 Å². The molecule has 1 rings (SSSR count). The van der Waals surface area contributed by atoms with Crippen LogP contribution in [0.3, 0.4) is 0 Å². The predicted octanol–water partition coefficient (Wildman–Crippen LogP) is 7.16. The number of para-hydroxylation sites is 1. The Morgan fingerprint density at radius 1 is 0.821 bits per heavy atom. The summed E-state index contributed by atoms with van der Waals surface area (Å²) in [5.74, 6) is -0.146. The number of nitrogens with one attached hydrogen (secondary N) is 1. The molecule has 0 aliphatic rings. The average molecular weight is 388 g/mol. The van der Waals surface area contributed by atoms with E-state index in [0.29, 0.717) is 12.1 Å². The largest absolute Gasteiger partial charge is 0.507 e. The van der Waals surface area contributed by atoms with Gasteiger partial charge in [0.15, 0.2) is 0 Å². The van der Waals surface area contributed by atoms with Crippen LogP contribution in [0.25, 0.3) is 0 Å². The summed E-state index contributed by atoms with van der Waals surface area (Å²) in [6.45, 7) is 2.94. The minimum absolute atomic E-state index is 0.0426. The van der Waals surface area contributed by atoms with Gasteiger partial charge in [0, 0.05) is 6.54 Å². The van der Waals surface area contributed by atoms with E-state index < -0.39 is 0 Å². The molecule has 1 amide bonds. The standard InChI is InChI=1S/C25H41NO2/c1-2-3-4-5-6-7-8-9-10-11-12-13-14-15-16-19-22-26-25(28)23-20-17-18-21-24(23)27/h9-10,17-18,20-21,27H,2-8,11-16,19,22H2,1H3,(H,26,28). The van der Waals surface area contributed by atoms with Gasteiger partial charge in [0.25, 0.3) is 5.91 Å². The highest BCUT2D eigenvalue weighted by atomic mass is 16.3. The van der Waals surface area contributed by atoms with E-state index >= 15 is 0 Å². The van der Waals surface area contributed by atoms with Gasteiger partial charge in [-0.1, -0.05) is 89.0 Å². The normalized spacial score (nSPS) is 11.2. The minimum Gasteiger partial charge on any atom is -0.507 e. The molecule has 0 spiro atoms. The van der Waals surface area contributed by atoms with Crippen molar-refractivity contribution in [2.45, 2.75) is 96.8 Å². The van der Waals surface area contributed by atoms with Crippen molar-refractivity contribution in [3.05, 3.63) is 42.0 Å². The zero-order valence-corrected chi connectivity index (χ0v) is 17.9. The molecule has 0 atom stereocenters. The Balaban J connectivity index is 1.85. The Morgan fingerprint density at radius 2 is 1.36 bits per heavy atom. The first kappa shape index (κ1) is 24.3. The van der Waals surface area contributed by atoms with Crippen molar-refractivity contribution >= 4 is 5.91 Å². The Kier molecular flexibility index (Phi) is 15.0. The maximum Gasteiger partial charge on any atom is 0.255 e. The first-order chi connectivity index (χ1) is 13.8. The van der Waals surface area contributed by atoms with Gasteiger partial charge in [-0.25, -0.2) is 0 Å². The second-order valence-electron chi connectivity index (χ2n) is 7.71. The van der Waals surface area contributed by atoms with Crippen molar-refractivity contribution in [1.29, 1.82) is 0 Å². The van der Waals surface area contributed by atoms with Crippen LogP contribution in [-0.4, -0.2) is 17.6 Å². The second-order valence-corrected chi connectivity index (χ2v) is 7.71. The molecule has 0 aliphatic carbocycles. The van der Waals surface area contributed by atoms with Crippen LogP contribution in [0.15, 0.2) is 36.4 Å². The second kappa shape index (κ2) is 17.3. The summed E-state index contributed by atoms with van der Waals surface area (Å²) in [4.78, 5) is 11.9. The number of aromatic hydroxyl groups is 1. The van der Waals surface area contributed by atoms with Crippen LogP contribution < -0.4 is 5.32 Å². The van der Waals surface area contributed by atoms with Gasteiger partial charge in [-0.05, 0) is 44.2 Å². The number of hydrogen-bond acceptors (Lipinski definition) is 2. The summed E-state index contributed by atoms with van der Waals surface area (Å²) in [5, 5.41) is 12.5. The minimum atomic E-state index is -0.189. The zero-order valence-electron chi connectivity index (χ0n) is 17.9. The van der Waals surface area contributed by atoms with E-state index in [0.717, 1.165) is 12.8 Å². The number of hydrogen-bond donors (Lipinski definition) is 2. The number of allylic oxidation sites excluding steroid dienone is 2. The van der Waals surface area contributed by atoms with Gasteiger partial charge in [-0.15, -0.1) is 0 Å². The van der Waals surface area contributed by atoms with Crippen molar-refractivity contribution in [2.24, 2.45) is 0 Å². The molecule has 0 radical (unpaired) electrons. The highest BCUT2D eigenvalue weighted by Crippen LogP contribution is 2.15. The summed E-state index contributed by atoms with van der Waals surface area (Å²) in [5.41, 5.74) is 0.354. The maximum absolute atomic E-state index is 11.9. The quantitative estimate of drug-likeness (QED) is 0.220. The lowest BCUT2D eigenvalue weighted by Gasteiger charge is -2.06. The van der Waals surface area contributed by atoms with E-state index in [-0.39, 0.29) is 11.7 Å². The molecule has 3 nitrogen and oxygen atoms in total. The summed E-state index contributed by atoms with van der Waals surface area (Å²) < 4.78 is 0. The molecule has 0 aromatic heterocycles. The monoisotopic (exact) mass is 387 g/mol. The Bertz CT molecular complexity index is 539. The van der Waals surface area contributed by atoms with Gasteiger partial charge in [0.1, 0.15) is 5.75 Å². The van der Waals surface area contributed by atoms with Gasteiger partial charge in [0.05, 0.1) is 5.56 Å². The molecule has 1 aromatic carbocycles. The fourth-order valence-corrected chi connectivity index (χ4v) is 3.34. The van der Waals surface area contributed by atoms with E-state index in [4.69, 9.17) is 0 Å². The molecule has 0 aliphatic heterocycles. The lowest BCUT2D eigenvalue weighted by Crippen LogP contribution is -2.24. The third-order valence-electron chi connectivity index (χ3n) is 5.12. The molecular weight excluding hydrogens is 346 g/mol. The van der Waals surface area contributed by atoms with E-state index in [1.807, 2.05) is 0 Å². The van der Waals surface area contributed by atoms with Gasteiger partial charge in [0.2, 0.25) is 0 Å². The summed E-state index contributed by atoms with van der Waals surface area (Å²) in [6.07, 6.45) is 22.7. The lowest BCUT2D eigenvalue weighted by molar-refractivity contribution is 0.0950. The molecule has 2 N–H and O–H groups in total. The van der Waals surface area contributed by atoms with E-state index in [2.05, 4.69) is 24.4 Å². The third kappa shape index (κ3) is 12.6. The van der Waals surface area contributed by atoms with Crippen LogP contribution in [0.4, 0.5) is 0 Å². The van der Waals surface area contributed by atoms with Crippen LogP contribution in [0.1, 0.15) is 107 Å². The summed E-state index contributed by atoms with van der Waals surface area (Å²) >= 11 is 0. The Hall–Kier alpha value is -1.77. The number of amides is 1. The highest BCUT2D eigenvalue weighted by Gasteiger charge is 2.08. The van der Waals surface area contributed by atoms with Crippen molar-refractivity contribution < 1.29 is 9.90 Å². The van der Waals surface area contributed by atoms with Gasteiger partial charge >= 0.3 is 0 Å². The molecule has 0 saturated heterocycles. The molecule has 0 fully saturated rings. The van der Waals surface area contributed by atoms with Crippen LogP contribution in [-0.2, 0) is 0 Å². The number of unbranched alkanes of at least 4 members (excludes halogenated alkanes) is 12. The van der Waals surface area contributed by atoms with E-state index in [1.54, 1.807) is 24.3 Å². The molecule has 0 bridgehead atoms. The summed E-state index contributed by atoms with van der Waals surface area (Å²) in [6, 6.07) is 6.67. The number of carbonyl (C=O) groups is 1. The molecule has 28 heavy (non-hydrogen) atoms. The first-order valence-corrected chi connectivity index (χ1v) is 11.5. The zero-order chi connectivity index (χ0) is 20.3. The average Bonchev–Trinajstić information content (AvgIpc) is 2.70. The van der Waals surface area contributed by atoms with Gasteiger partial charge in [-0.3, -0.25) is 4.79 Å². The maximum atomic E-state index is 11.9. The molecule has 0 heterocycles. The van der Waals surface area contributed by atoms with Crippen LogP contribution in [0.2, 0.25) is 0 Å². The lowest BCUT2D eigenvalue weighted by atomic mass is 10.1. The summed E-state index contributed by atoms with van der Waals surface area (Å²) in [7, 11) is 0. The molecule has 1 aromatic rings. The van der Waals surface area contributed by atoms with Crippen molar-refractivity contribution in [1.82, 2.24) is 5.32 Å². The van der Waals surface area contributed by atoms with Gasteiger partial charge < -0.3 is 10.4 Å². The van der Waals surface area contributed by atoms with Crippen LogP contribution in [0.5, 0.6) is 5.75 Å². The van der Waals surface area contributed by atoms with Crippen molar-refractivity contribution in [2.75, 3.05) is 6.54 Å². The van der Waals surface area contributed by atoms with Gasteiger partial charge in [-0.2, -0.15) is 0 Å². The SMILES string of the molecule is CCCCCCCCC=CCCCCCCCCNC(=O)c1ccccc1O. The Morgan fingerprint density at radius 3 is 1.96 bits per heavy atom. The first-order valence-electron chi connectivity index (χ1n) is 11.5.